The van der Waals surface area contributed by atoms with Gasteiger partial charge in [0.1, 0.15) is 24.0 Å². The van der Waals surface area contributed by atoms with E-state index in [9.17, 15) is 0 Å². The second-order valence-corrected chi connectivity index (χ2v) is 5.74. The highest BCUT2D eigenvalue weighted by Crippen LogP contribution is 2.17. The number of rotatable bonds is 7. The molecule has 3 aromatic rings. The molecule has 1 N–H and O–H groups in total. The highest BCUT2D eigenvalue weighted by molar-refractivity contribution is 6.30. The zero-order chi connectivity index (χ0) is 16.9. The zero-order valence-corrected chi connectivity index (χ0v) is 14.2. The van der Waals surface area contributed by atoms with Crippen molar-refractivity contribution in [2.45, 2.75) is 19.6 Å². The summed E-state index contributed by atoms with van der Waals surface area (Å²) in [5.41, 5.74) is 0.784. The smallest absolute Gasteiger partial charge is 0.254 e. The van der Waals surface area contributed by atoms with Crippen molar-refractivity contribution in [2.75, 3.05) is 19.0 Å². The van der Waals surface area contributed by atoms with E-state index in [1.807, 2.05) is 25.1 Å². The first-order valence-corrected chi connectivity index (χ1v) is 7.88. The number of benzene rings is 1. The monoisotopic (exact) mass is 347 g/mol. The van der Waals surface area contributed by atoms with E-state index in [0.29, 0.717) is 24.0 Å². The fourth-order valence-electron chi connectivity index (χ4n) is 2.24. The molecule has 0 amide bonds. The Morgan fingerprint density at radius 2 is 2.08 bits per heavy atom. The molecule has 7 nitrogen and oxygen atoms in total. The first-order chi connectivity index (χ1) is 11.7. The fourth-order valence-corrected chi connectivity index (χ4v) is 2.37. The molecular formula is C16H18ClN5O2. The maximum atomic E-state index is 5.87. The van der Waals surface area contributed by atoms with Crippen molar-refractivity contribution in [3.05, 3.63) is 47.4 Å². The maximum Gasteiger partial charge on any atom is 0.254 e. The van der Waals surface area contributed by atoms with E-state index < -0.39 is 0 Å². The third kappa shape index (κ3) is 3.93. The number of nitrogens with one attached hydrogen (secondary N) is 1. The van der Waals surface area contributed by atoms with Gasteiger partial charge in [0.15, 0.2) is 0 Å². The predicted molar refractivity (Wildman–Crippen MR) is 91.5 cm³/mol. The van der Waals surface area contributed by atoms with E-state index >= 15 is 0 Å². The molecule has 2 aromatic heterocycles. The number of nitrogens with zero attached hydrogens (tertiary/aromatic N) is 4. The average Bonchev–Trinajstić information content (AvgIpc) is 3.04. The van der Waals surface area contributed by atoms with Crippen molar-refractivity contribution in [1.82, 2.24) is 19.6 Å². The van der Waals surface area contributed by atoms with Gasteiger partial charge in [0.2, 0.25) is 0 Å². The second kappa shape index (κ2) is 7.46. The van der Waals surface area contributed by atoms with Gasteiger partial charge in [0, 0.05) is 18.2 Å². The minimum Gasteiger partial charge on any atom is -0.489 e. The Balaban J connectivity index is 1.68. The van der Waals surface area contributed by atoms with Crippen molar-refractivity contribution in [3.8, 4) is 5.75 Å². The van der Waals surface area contributed by atoms with Gasteiger partial charge in [0.05, 0.1) is 18.8 Å². The molecule has 2 heterocycles. The molecule has 1 unspecified atom stereocenters. The number of ether oxygens (including phenoxy) is 2. The highest BCUT2D eigenvalue weighted by atomic mass is 35.5. The van der Waals surface area contributed by atoms with E-state index in [1.165, 1.54) is 6.33 Å². The van der Waals surface area contributed by atoms with E-state index in [4.69, 9.17) is 21.1 Å². The SMILES string of the molecule is COCc1cc(NCC(C)Oc2ccc(Cl)cc2)n2ncnc2n1. The second-order valence-electron chi connectivity index (χ2n) is 5.30. The van der Waals surface area contributed by atoms with Gasteiger partial charge in [-0.15, -0.1) is 0 Å². The van der Waals surface area contributed by atoms with Gasteiger partial charge < -0.3 is 14.8 Å². The van der Waals surface area contributed by atoms with Gasteiger partial charge in [-0.1, -0.05) is 11.6 Å². The van der Waals surface area contributed by atoms with E-state index in [1.54, 1.807) is 23.8 Å². The van der Waals surface area contributed by atoms with E-state index in [0.717, 1.165) is 17.3 Å². The quantitative estimate of drug-likeness (QED) is 0.708. The van der Waals surface area contributed by atoms with Crippen molar-refractivity contribution in [2.24, 2.45) is 0 Å². The summed E-state index contributed by atoms with van der Waals surface area (Å²) >= 11 is 5.87. The lowest BCUT2D eigenvalue weighted by molar-refractivity contribution is 0.181. The normalized spacial score (nSPS) is 12.3. The summed E-state index contributed by atoms with van der Waals surface area (Å²) in [6.07, 6.45) is 1.42. The van der Waals surface area contributed by atoms with Crippen molar-refractivity contribution >= 4 is 23.2 Å². The van der Waals surface area contributed by atoms with Crippen LogP contribution in [-0.2, 0) is 11.3 Å². The number of hydrogen-bond acceptors (Lipinski definition) is 6. The third-order valence-electron chi connectivity index (χ3n) is 3.32. The minimum atomic E-state index is -0.0520. The molecule has 8 heteroatoms. The van der Waals surface area contributed by atoms with Crippen molar-refractivity contribution < 1.29 is 9.47 Å². The van der Waals surface area contributed by atoms with Crippen LogP contribution < -0.4 is 10.1 Å². The lowest BCUT2D eigenvalue weighted by Gasteiger charge is -2.17. The standard InChI is InChI=1S/C16H18ClN5O2/c1-11(24-14-5-3-12(17)4-6-14)8-18-15-7-13(9-23-2)21-16-19-10-20-22(15)16/h3-7,10-11,18H,8-9H2,1-2H3. The van der Waals surface area contributed by atoms with Crippen LogP contribution in [0, 0.1) is 0 Å². The lowest BCUT2D eigenvalue weighted by Crippen LogP contribution is -2.24. The van der Waals surface area contributed by atoms with Crippen molar-refractivity contribution in [3.63, 3.8) is 0 Å². The summed E-state index contributed by atoms with van der Waals surface area (Å²) in [7, 11) is 1.63. The predicted octanol–water partition coefficient (Wildman–Crippen LogP) is 2.80. The summed E-state index contributed by atoms with van der Waals surface area (Å²) in [5.74, 6) is 2.09. The van der Waals surface area contributed by atoms with Crippen LogP contribution in [0.3, 0.4) is 0 Å². The number of aromatic nitrogens is 4. The summed E-state index contributed by atoms with van der Waals surface area (Å²) < 4.78 is 12.6. The average molecular weight is 348 g/mol. The molecular weight excluding hydrogens is 330 g/mol. The first-order valence-electron chi connectivity index (χ1n) is 7.50. The van der Waals surface area contributed by atoms with Crippen LogP contribution in [0.15, 0.2) is 36.7 Å². The van der Waals surface area contributed by atoms with Crippen molar-refractivity contribution in [1.29, 1.82) is 0 Å². The van der Waals surface area contributed by atoms with Gasteiger partial charge in [-0.25, -0.2) is 4.98 Å². The fraction of sp³-hybridized carbons (Fsp3) is 0.312. The lowest BCUT2D eigenvalue weighted by atomic mass is 10.3. The molecule has 0 aliphatic heterocycles. The molecule has 24 heavy (non-hydrogen) atoms. The molecule has 0 bridgehead atoms. The van der Waals surface area contributed by atoms with Crippen LogP contribution in [-0.4, -0.2) is 39.3 Å². The van der Waals surface area contributed by atoms with E-state index in [-0.39, 0.29) is 6.10 Å². The van der Waals surface area contributed by atoms with Gasteiger partial charge in [-0.3, -0.25) is 0 Å². The molecule has 0 fully saturated rings. The Kier molecular flexibility index (Phi) is 5.12. The summed E-state index contributed by atoms with van der Waals surface area (Å²) in [6.45, 7) is 2.99. The Morgan fingerprint density at radius 3 is 2.83 bits per heavy atom. The van der Waals surface area contributed by atoms with Crippen LogP contribution in [0.5, 0.6) is 5.75 Å². The molecule has 0 aliphatic carbocycles. The number of fused-ring (bicyclic) bond motifs is 1. The van der Waals surface area contributed by atoms with Crippen LogP contribution in [0.4, 0.5) is 5.82 Å². The van der Waals surface area contributed by atoms with Crippen LogP contribution in [0.1, 0.15) is 12.6 Å². The molecule has 0 saturated heterocycles. The molecule has 0 aliphatic rings. The Labute approximate surface area is 144 Å². The van der Waals surface area contributed by atoms with Crippen LogP contribution in [0.2, 0.25) is 5.02 Å². The Bertz CT molecular complexity index is 806. The van der Waals surface area contributed by atoms with Crippen LogP contribution in [0.25, 0.3) is 5.78 Å². The molecule has 126 valence electrons. The molecule has 0 radical (unpaired) electrons. The van der Waals surface area contributed by atoms with Gasteiger partial charge in [-0.2, -0.15) is 14.6 Å². The topological polar surface area (TPSA) is 73.6 Å². The maximum absolute atomic E-state index is 5.87. The molecule has 0 spiro atoms. The Hall–Kier alpha value is -2.38. The molecule has 1 aromatic carbocycles. The molecule has 3 rings (SSSR count). The molecule has 1 atom stereocenters. The number of anilines is 1. The summed E-state index contributed by atoms with van der Waals surface area (Å²) in [4.78, 5) is 8.50. The number of methoxy groups -OCH3 is 1. The van der Waals surface area contributed by atoms with Gasteiger partial charge >= 0.3 is 0 Å². The van der Waals surface area contributed by atoms with Gasteiger partial charge in [0.25, 0.3) is 5.78 Å². The number of hydrogen-bond donors (Lipinski definition) is 1. The number of halogens is 1. The summed E-state index contributed by atoms with van der Waals surface area (Å²) in [6, 6.07) is 9.18. The van der Waals surface area contributed by atoms with Gasteiger partial charge in [-0.05, 0) is 31.2 Å². The summed E-state index contributed by atoms with van der Waals surface area (Å²) in [5, 5.41) is 8.18. The third-order valence-corrected chi connectivity index (χ3v) is 3.57. The minimum absolute atomic E-state index is 0.0520. The molecule has 0 saturated carbocycles. The largest absolute Gasteiger partial charge is 0.489 e. The zero-order valence-electron chi connectivity index (χ0n) is 13.4. The highest BCUT2D eigenvalue weighted by Gasteiger charge is 2.10. The Morgan fingerprint density at radius 1 is 1.29 bits per heavy atom. The first kappa shape index (κ1) is 16.5. The van der Waals surface area contributed by atoms with E-state index in [2.05, 4.69) is 20.4 Å². The van der Waals surface area contributed by atoms with Crippen LogP contribution >= 0.6 is 11.6 Å².